The van der Waals surface area contributed by atoms with Gasteiger partial charge in [-0.3, -0.25) is 4.79 Å². The SMILES string of the molecule is O=C1C[C@H](O)C[C@@H](/C=C/C2=C(c3ccc(F)cc3)C3C=CC=CC3OC23CCCC3)O1. The Labute approximate surface area is 181 Å². The minimum absolute atomic E-state index is 0.0285. The van der Waals surface area contributed by atoms with E-state index in [4.69, 9.17) is 9.47 Å². The largest absolute Gasteiger partial charge is 0.458 e. The number of benzene rings is 1. The molecule has 5 rings (SSSR count). The van der Waals surface area contributed by atoms with Crippen LogP contribution in [0.4, 0.5) is 4.39 Å². The molecule has 1 aromatic rings. The van der Waals surface area contributed by atoms with Crippen LogP contribution in [0.25, 0.3) is 5.57 Å². The van der Waals surface area contributed by atoms with Gasteiger partial charge in [-0.05, 0) is 47.8 Å². The van der Waals surface area contributed by atoms with Crippen LogP contribution in [0.5, 0.6) is 0 Å². The first-order valence-corrected chi connectivity index (χ1v) is 11.1. The van der Waals surface area contributed by atoms with Crippen LogP contribution in [0.2, 0.25) is 0 Å². The highest BCUT2D eigenvalue weighted by Crippen LogP contribution is 2.51. The van der Waals surface area contributed by atoms with Gasteiger partial charge in [0.2, 0.25) is 0 Å². The fourth-order valence-electron chi connectivity index (χ4n) is 5.39. The molecule has 1 saturated heterocycles. The van der Waals surface area contributed by atoms with Gasteiger partial charge in [0.15, 0.2) is 0 Å². The maximum absolute atomic E-state index is 13.7. The molecule has 1 aromatic carbocycles. The van der Waals surface area contributed by atoms with Crippen molar-refractivity contribution in [2.24, 2.45) is 5.92 Å². The normalized spacial score (nSPS) is 32.0. The summed E-state index contributed by atoms with van der Waals surface area (Å²) in [5, 5.41) is 9.98. The third kappa shape index (κ3) is 3.92. The standard InChI is InChI=1S/C26H27FO4/c27-18-9-7-17(8-10-18)25-21-5-1-2-6-23(21)31-26(13-3-4-14-26)22(25)12-11-20-15-19(28)16-24(29)30-20/h1-2,5-12,19-21,23,28H,3-4,13-16H2/b12-11+/t19-,20-,21?,23?/m1/s1. The second-order valence-corrected chi connectivity index (χ2v) is 8.89. The van der Waals surface area contributed by atoms with Crippen LogP contribution in [0.15, 0.2) is 66.3 Å². The van der Waals surface area contributed by atoms with Crippen molar-refractivity contribution in [3.05, 3.63) is 77.7 Å². The summed E-state index contributed by atoms with van der Waals surface area (Å²) < 4.78 is 25.9. The third-order valence-corrected chi connectivity index (χ3v) is 6.79. The molecule has 0 radical (unpaired) electrons. The number of cyclic esters (lactones) is 1. The van der Waals surface area contributed by atoms with Crippen molar-refractivity contribution < 1.29 is 23.8 Å². The van der Waals surface area contributed by atoms with Crippen LogP contribution in [0.1, 0.15) is 44.1 Å². The Morgan fingerprint density at radius 3 is 2.58 bits per heavy atom. The third-order valence-electron chi connectivity index (χ3n) is 6.79. The second-order valence-electron chi connectivity index (χ2n) is 8.89. The molecule has 0 bridgehead atoms. The predicted octanol–water partition coefficient (Wildman–Crippen LogP) is 4.66. The summed E-state index contributed by atoms with van der Waals surface area (Å²) in [7, 11) is 0. The lowest BCUT2D eigenvalue weighted by molar-refractivity contribution is -0.156. The van der Waals surface area contributed by atoms with E-state index in [9.17, 15) is 14.3 Å². The zero-order chi connectivity index (χ0) is 21.4. The summed E-state index contributed by atoms with van der Waals surface area (Å²) in [6.45, 7) is 0. The van der Waals surface area contributed by atoms with Crippen LogP contribution < -0.4 is 0 Å². The molecule has 1 spiro atoms. The molecule has 31 heavy (non-hydrogen) atoms. The number of carbonyl (C=O) groups excluding carboxylic acids is 1. The average Bonchev–Trinajstić information content (AvgIpc) is 3.21. The second kappa shape index (κ2) is 8.21. The lowest BCUT2D eigenvalue weighted by atomic mass is 9.73. The lowest BCUT2D eigenvalue weighted by Crippen LogP contribution is -2.44. The van der Waals surface area contributed by atoms with E-state index in [2.05, 4.69) is 12.2 Å². The number of hydrogen-bond acceptors (Lipinski definition) is 4. The lowest BCUT2D eigenvalue weighted by Gasteiger charge is -2.45. The fraction of sp³-hybridized carbons (Fsp3) is 0.423. The molecule has 0 aromatic heterocycles. The molecule has 4 atom stereocenters. The maximum Gasteiger partial charge on any atom is 0.309 e. The molecule has 2 aliphatic heterocycles. The Kier molecular flexibility index (Phi) is 5.40. The number of ether oxygens (including phenoxy) is 2. The number of aliphatic hydroxyl groups excluding tert-OH is 1. The van der Waals surface area contributed by atoms with E-state index in [1.54, 1.807) is 0 Å². The zero-order valence-electron chi connectivity index (χ0n) is 17.4. The number of halogens is 1. The molecule has 2 fully saturated rings. The summed E-state index contributed by atoms with van der Waals surface area (Å²) in [4.78, 5) is 11.8. The molecule has 1 saturated carbocycles. The topological polar surface area (TPSA) is 55.8 Å². The molecular formula is C26H27FO4. The van der Waals surface area contributed by atoms with Gasteiger partial charge in [0.1, 0.15) is 11.9 Å². The van der Waals surface area contributed by atoms with Crippen LogP contribution >= 0.6 is 0 Å². The Morgan fingerprint density at radius 2 is 1.84 bits per heavy atom. The van der Waals surface area contributed by atoms with Gasteiger partial charge in [-0.25, -0.2) is 4.39 Å². The van der Waals surface area contributed by atoms with Crippen LogP contribution in [0.3, 0.4) is 0 Å². The number of hydrogen-bond donors (Lipinski definition) is 1. The smallest absolute Gasteiger partial charge is 0.309 e. The molecule has 162 valence electrons. The Bertz CT molecular complexity index is 966. The van der Waals surface area contributed by atoms with Gasteiger partial charge < -0.3 is 14.6 Å². The fourth-order valence-corrected chi connectivity index (χ4v) is 5.39. The van der Waals surface area contributed by atoms with E-state index in [0.29, 0.717) is 6.42 Å². The van der Waals surface area contributed by atoms with Gasteiger partial charge in [0, 0.05) is 12.3 Å². The molecule has 0 amide bonds. The number of fused-ring (bicyclic) bond motifs is 1. The van der Waals surface area contributed by atoms with Crippen molar-refractivity contribution in [3.63, 3.8) is 0 Å². The quantitative estimate of drug-likeness (QED) is 0.720. The molecule has 4 nitrogen and oxygen atoms in total. The number of esters is 1. The number of carbonyl (C=O) groups is 1. The Balaban J connectivity index is 1.62. The van der Waals surface area contributed by atoms with Crippen LogP contribution in [0, 0.1) is 11.7 Å². The summed E-state index contributed by atoms with van der Waals surface area (Å²) in [6.07, 6.45) is 15.5. The summed E-state index contributed by atoms with van der Waals surface area (Å²) in [5.41, 5.74) is 2.78. The number of allylic oxidation sites excluding steroid dienone is 2. The van der Waals surface area contributed by atoms with Gasteiger partial charge in [0.05, 0.1) is 24.2 Å². The molecule has 2 aliphatic carbocycles. The van der Waals surface area contributed by atoms with E-state index in [-0.39, 0.29) is 30.2 Å². The van der Waals surface area contributed by atoms with Gasteiger partial charge >= 0.3 is 5.97 Å². The average molecular weight is 422 g/mol. The molecule has 4 aliphatic rings. The van der Waals surface area contributed by atoms with E-state index < -0.39 is 17.8 Å². The van der Waals surface area contributed by atoms with E-state index >= 15 is 0 Å². The maximum atomic E-state index is 13.7. The van der Waals surface area contributed by atoms with Gasteiger partial charge in [-0.15, -0.1) is 0 Å². The van der Waals surface area contributed by atoms with E-state index in [1.807, 2.05) is 36.4 Å². The van der Waals surface area contributed by atoms with Crippen molar-refractivity contribution in [2.45, 2.75) is 62.4 Å². The highest BCUT2D eigenvalue weighted by molar-refractivity contribution is 5.78. The monoisotopic (exact) mass is 422 g/mol. The van der Waals surface area contributed by atoms with Crippen molar-refractivity contribution in [1.29, 1.82) is 0 Å². The van der Waals surface area contributed by atoms with Gasteiger partial charge in [0.25, 0.3) is 0 Å². The molecule has 2 heterocycles. The van der Waals surface area contributed by atoms with Crippen LogP contribution in [-0.2, 0) is 14.3 Å². The first kappa shape index (κ1) is 20.4. The Hall–Kier alpha value is -2.50. The van der Waals surface area contributed by atoms with E-state index in [0.717, 1.165) is 42.4 Å². The van der Waals surface area contributed by atoms with E-state index in [1.165, 1.54) is 12.1 Å². The number of rotatable bonds is 3. The first-order chi connectivity index (χ1) is 15.0. The van der Waals surface area contributed by atoms with Crippen molar-refractivity contribution in [3.8, 4) is 0 Å². The molecule has 5 heteroatoms. The molecular weight excluding hydrogens is 395 g/mol. The minimum atomic E-state index is -0.680. The van der Waals surface area contributed by atoms with Gasteiger partial charge in [-0.2, -0.15) is 0 Å². The Morgan fingerprint density at radius 1 is 1.10 bits per heavy atom. The summed E-state index contributed by atoms with van der Waals surface area (Å²) in [5.74, 6) is -0.610. The summed E-state index contributed by atoms with van der Waals surface area (Å²) in [6, 6.07) is 6.66. The highest BCUT2D eigenvalue weighted by Gasteiger charge is 2.47. The first-order valence-electron chi connectivity index (χ1n) is 11.1. The van der Waals surface area contributed by atoms with Crippen molar-refractivity contribution in [2.75, 3.05) is 0 Å². The van der Waals surface area contributed by atoms with Crippen molar-refractivity contribution in [1.82, 2.24) is 0 Å². The predicted molar refractivity (Wildman–Crippen MR) is 115 cm³/mol. The van der Waals surface area contributed by atoms with Crippen LogP contribution in [-0.4, -0.2) is 35.0 Å². The zero-order valence-corrected chi connectivity index (χ0v) is 17.4. The molecule has 1 N–H and O–H groups in total. The van der Waals surface area contributed by atoms with Gasteiger partial charge in [-0.1, -0.05) is 55.4 Å². The summed E-state index contributed by atoms with van der Waals surface area (Å²) >= 11 is 0. The highest BCUT2D eigenvalue weighted by atomic mass is 19.1. The number of aliphatic hydroxyl groups is 1. The van der Waals surface area contributed by atoms with Crippen molar-refractivity contribution >= 4 is 11.5 Å². The molecule has 2 unspecified atom stereocenters. The minimum Gasteiger partial charge on any atom is -0.458 e.